The summed E-state index contributed by atoms with van der Waals surface area (Å²) in [5.41, 5.74) is -0.0244. The van der Waals surface area contributed by atoms with E-state index in [1.807, 2.05) is 44.4 Å². The van der Waals surface area contributed by atoms with E-state index in [1.165, 1.54) is 6.20 Å². The predicted octanol–water partition coefficient (Wildman–Crippen LogP) is 2.48. The zero-order valence-electron chi connectivity index (χ0n) is 10.6. The lowest BCUT2D eigenvalue weighted by atomic mass is 10.1. The highest BCUT2D eigenvalue weighted by Gasteiger charge is 2.05. The molecule has 0 unspecified atom stereocenters. The molecule has 1 heterocycles. The quantitative estimate of drug-likeness (QED) is 0.647. The minimum Gasteiger partial charge on any atom is -0.305 e. The van der Waals surface area contributed by atoms with E-state index in [9.17, 15) is 9.59 Å². The van der Waals surface area contributed by atoms with Gasteiger partial charge in [0.1, 0.15) is 0 Å². The van der Waals surface area contributed by atoms with E-state index >= 15 is 0 Å². The standard InChI is InChI=1S/C11H10N2O2S.C2H6/c1-16-8-4-2-7(3-5-8)9-6-12-13-11(15)10(9)14;1-2/h2-6H,1H3,(H,12,14)(H,13,15);1-2H3. The second-order valence-corrected chi connectivity index (χ2v) is 4.09. The maximum atomic E-state index is 11.6. The van der Waals surface area contributed by atoms with Crippen molar-refractivity contribution in [3.63, 3.8) is 0 Å². The van der Waals surface area contributed by atoms with Crippen LogP contribution in [0.15, 0.2) is 44.9 Å². The number of H-pyrrole nitrogens is 2. The maximum Gasteiger partial charge on any atom is 0.310 e. The number of hydrogen-bond donors (Lipinski definition) is 2. The van der Waals surface area contributed by atoms with Crippen molar-refractivity contribution in [2.75, 3.05) is 6.26 Å². The van der Waals surface area contributed by atoms with Crippen LogP contribution in [0.25, 0.3) is 11.1 Å². The van der Waals surface area contributed by atoms with Crippen LogP contribution < -0.4 is 11.0 Å². The largest absolute Gasteiger partial charge is 0.310 e. The molecule has 0 radical (unpaired) electrons. The second-order valence-electron chi connectivity index (χ2n) is 3.21. The zero-order chi connectivity index (χ0) is 13.5. The highest BCUT2D eigenvalue weighted by molar-refractivity contribution is 7.98. The van der Waals surface area contributed by atoms with Crippen molar-refractivity contribution in [2.45, 2.75) is 18.7 Å². The van der Waals surface area contributed by atoms with Crippen molar-refractivity contribution >= 4 is 11.8 Å². The van der Waals surface area contributed by atoms with E-state index in [-0.39, 0.29) is 0 Å². The van der Waals surface area contributed by atoms with Gasteiger partial charge in [-0.25, -0.2) is 0 Å². The van der Waals surface area contributed by atoms with Crippen LogP contribution in [-0.2, 0) is 0 Å². The monoisotopic (exact) mass is 264 g/mol. The Kier molecular flexibility index (Phi) is 5.45. The molecule has 0 aliphatic carbocycles. The molecule has 0 aliphatic heterocycles. The van der Waals surface area contributed by atoms with Crippen LogP contribution in [0, 0.1) is 0 Å². The fourth-order valence-electron chi connectivity index (χ4n) is 1.40. The smallest absolute Gasteiger partial charge is 0.305 e. The normalized spacial score (nSPS) is 9.50. The summed E-state index contributed by atoms with van der Waals surface area (Å²) in [6, 6.07) is 7.49. The van der Waals surface area contributed by atoms with Gasteiger partial charge in [0.2, 0.25) is 0 Å². The number of thioether (sulfide) groups is 1. The van der Waals surface area contributed by atoms with E-state index in [1.54, 1.807) is 11.8 Å². The fraction of sp³-hybridized carbons (Fsp3) is 0.231. The molecule has 0 spiro atoms. The predicted molar refractivity (Wildman–Crippen MR) is 76.2 cm³/mol. The molecule has 0 aliphatic rings. The van der Waals surface area contributed by atoms with Crippen LogP contribution in [0.3, 0.4) is 0 Å². The average Bonchev–Trinajstić information content (AvgIpc) is 2.44. The topological polar surface area (TPSA) is 65.7 Å². The van der Waals surface area contributed by atoms with Crippen molar-refractivity contribution in [2.24, 2.45) is 0 Å². The van der Waals surface area contributed by atoms with Crippen molar-refractivity contribution in [3.8, 4) is 11.1 Å². The molecule has 96 valence electrons. The van der Waals surface area contributed by atoms with Crippen LogP contribution in [-0.4, -0.2) is 16.5 Å². The van der Waals surface area contributed by atoms with Gasteiger partial charge in [-0.05, 0) is 24.0 Å². The Morgan fingerprint density at radius 2 is 1.67 bits per heavy atom. The number of aromatic nitrogens is 2. The molecule has 1 aromatic heterocycles. The van der Waals surface area contributed by atoms with Gasteiger partial charge < -0.3 is 5.10 Å². The average molecular weight is 264 g/mol. The summed E-state index contributed by atoms with van der Waals surface area (Å²) < 4.78 is 0. The van der Waals surface area contributed by atoms with E-state index in [2.05, 4.69) is 10.2 Å². The van der Waals surface area contributed by atoms with E-state index in [0.29, 0.717) is 5.56 Å². The minimum atomic E-state index is -0.633. The Balaban J connectivity index is 0.000000771. The van der Waals surface area contributed by atoms with Gasteiger partial charge in [0, 0.05) is 11.1 Å². The molecule has 18 heavy (non-hydrogen) atoms. The molecule has 4 nitrogen and oxygen atoms in total. The van der Waals surface area contributed by atoms with Crippen molar-refractivity contribution in [1.82, 2.24) is 10.2 Å². The Morgan fingerprint density at radius 3 is 2.22 bits per heavy atom. The SMILES string of the molecule is CC.CSc1ccc(-c2c[nH][nH]c(=O)c2=O)cc1. The van der Waals surface area contributed by atoms with E-state index in [4.69, 9.17) is 0 Å². The van der Waals surface area contributed by atoms with Gasteiger partial charge in [0.25, 0.3) is 5.43 Å². The first-order valence-electron chi connectivity index (χ1n) is 5.67. The first kappa shape index (κ1) is 14.3. The molecule has 2 rings (SSSR count). The summed E-state index contributed by atoms with van der Waals surface area (Å²) in [5, 5.41) is 4.79. The third-order valence-electron chi connectivity index (χ3n) is 2.25. The minimum absolute atomic E-state index is 0.386. The lowest BCUT2D eigenvalue weighted by molar-refractivity contribution is 0.975. The molecule has 0 fully saturated rings. The van der Waals surface area contributed by atoms with Crippen molar-refractivity contribution < 1.29 is 0 Å². The second kappa shape index (κ2) is 6.86. The molecule has 2 N–H and O–H groups in total. The molecule has 0 saturated heterocycles. The first-order chi connectivity index (χ1) is 8.72. The Bertz CT molecular complexity index is 599. The molecule has 1 aromatic carbocycles. The molecule has 5 heteroatoms. The summed E-state index contributed by atoms with van der Waals surface area (Å²) >= 11 is 1.63. The number of hydrogen-bond acceptors (Lipinski definition) is 3. The molecular weight excluding hydrogens is 248 g/mol. The maximum absolute atomic E-state index is 11.6. The summed E-state index contributed by atoms with van der Waals surface area (Å²) in [6.45, 7) is 4.00. The summed E-state index contributed by atoms with van der Waals surface area (Å²) in [5.74, 6) is 0. The van der Waals surface area contributed by atoms with Crippen LogP contribution in [0.4, 0.5) is 0 Å². The van der Waals surface area contributed by atoms with Gasteiger partial charge in [-0.15, -0.1) is 11.8 Å². The third kappa shape index (κ3) is 3.13. The fourth-order valence-corrected chi connectivity index (χ4v) is 1.81. The summed E-state index contributed by atoms with van der Waals surface area (Å²) in [6.07, 6.45) is 3.48. The lowest BCUT2D eigenvalue weighted by Crippen LogP contribution is -2.28. The lowest BCUT2D eigenvalue weighted by Gasteiger charge is -2.01. The van der Waals surface area contributed by atoms with Gasteiger partial charge in [-0.3, -0.25) is 14.7 Å². The molecule has 2 aromatic rings. The van der Waals surface area contributed by atoms with Crippen LogP contribution in [0.2, 0.25) is 0 Å². The van der Waals surface area contributed by atoms with Gasteiger partial charge in [-0.2, -0.15) is 0 Å². The van der Waals surface area contributed by atoms with Crippen LogP contribution in [0.5, 0.6) is 0 Å². The van der Waals surface area contributed by atoms with Crippen LogP contribution >= 0.6 is 11.8 Å². The van der Waals surface area contributed by atoms with E-state index in [0.717, 1.165) is 10.5 Å². The molecule has 0 saturated carbocycles. The molecular formula is C13H16N2O2S. The number of nitrogens with one attached hydrogen (secondary N) is 2. The third-order valence-corrected chi connectivity index (χ3v) is 3.00. The Hall–Kier alpha value is -1.75. The number of aromatic amines is 2. The number of rotatable bonds is 2. The van der Waals surface area contributed by atoms with Crippen LogP contribution in [0.1, 0.15) is 13.8 Å². The van der Waals surface area contributed by atoms with Gasteiger partial charge in [-0.1, -0.05) is 26.0 Å². The number of benzene rings is 1. The van der Waals surface area contributed by atoms with E-state index < -0.39 is 11.0 Å². The highest BCUT2D eigenvalue weighted by atomic mass is 32.2. The molecule has 0 bridgehead atoms. The zero-order valence-corrected chi connectivity index (χ0v) is 11.4. The highest BCUT2D eigenvalue weighted by Crippen LogP contribution is 2.19. The first-order valence-corrected chi connectivity index (χ1v) is 6.89. The Labute approximate surface area is 109 Å². The van der Waals surface area contributed by atoms with Gasteiger partial charge >= 0.3 is 5.56 Å². The van der Waals surface area contributed by atoms with Gasteiger partial charge in [0.05, 0.1) is 5.56 Å². The Morgan fingerprint density at radius 1 is 1.06 bits per heavy atom. The van der Waals surface area contributed by atoms with Crippen molar-refractivity contribution in [3.05, 3.63) is 51.0 Å². The summed E-state index contributed by atoms with van der Waals surface area (Å²) in [4.78, 5) is 23.8. The van der Waals surface area contributed by atoms with Gasteiger partial charge in [0.15, 0.2) is 0 Å². The van der Waals surface area contributed by atoms with Crippen molar-refractivity contribution in [1.29, 1.82) is 0 Å². The molecule has 0 amide bonds. The summed E-state index contributed by atoms with van der Waals surface area (Å²) in [7, 11) is 0. The molecule has 0 atom stereocenters.